The summed E-state index contributed by atoms with van der Waals surface area (Å²) in [5, 5.41) is 0. The molecule has 1 saturated carbocycles. The summed E-state index contributed by atoms with van der Waals surface area (Å²) in [7, 11) is 0. The van der Waals surface area contributed by atoms with Crippen LogP contribution in [0.15, 0.2) is 34.4 Å². The summed E-state index contributed by atoms with van der Waals surface area (Å²) in [6, 6.07) is 0. The smallest absolute Gasteiger partial charge is 0.000214 e. The normalized spacial score (nSPS) is 27.9. The lowest BCUT2D eigenvalue weighted by molar-refractivity contribution is 0.642. The van der Waals surface area contributed by atoms with Crippen LogP contribution in [0.3, 0.4) is 0 Å². The Morgan fingerprint density at radius 2 is 2.25 bits per heavy atom. The van der Waals surface area contributed by atoms with Gasteiger partial charge >= 0.3 is 0 Å². The minimum Gasteiger partial charge on any atom is -0.0781 e. The van der Waals surface area contributed by atoms with Crippen molar-refractivity contribution < 1.29 is 0 Å². The van der Waals surface area contributed by atoms with Crippen LogP contribution in [0.4, 0.5) is 0 Å². The molecular weight excluding hydrogens is 212 g/mol. The highest BCUT2D eigenvalue weighted by Crippen LogP contribution is 2.31. The van der Waals surface area contributed by atoms with Gasteiger partial charge in [-0.1, -0.05) is 45.8 Å². The third kappa shape index (κ3) is 1.89. The largest absolute Gasteiger partial charge is 0.0781 e. The van der Waals surface area contributed by atoms with E-state index in [1.54, 1.807) is 5.57 Å². The Labute approximate surface area is 82.2 Å². The van der Waals surface area contributed by atoms with E-state index in [4.69, 9.17) is 0 Å². The van der Waals surface area contributed by atoms with Gasteiger partial charge in [0.1, 0.15) is 0 Å². The molecule has 0 spiro atoms. The average Bonchev–Trinajstić information content (AvgIpc) is 1.97. The summed E-state index contributed by atoms with van der Waals surface area (Å²) in [4.78, 5) is 0. The van der Waals surface area contributed by atoms with Crippen LogP contribution < -0.4 is 0 Å². The van der Waals surface area contributed by atoms with Crippen molar-refractivity contribution in [1.82, 2.24) is 0 Å². The van der Waals surface area contributed by atoms with Gasteiger partial charge in [-0.25, -0.2) is 0 Å². The molecule has 0 radical (unpaired) electrons. The molecule has 0 aliphatic heterocycles. The van der Waals surface area contributed by atoms with Gasteiger partial charge in [-0.05, 0) is 36.1 Å². The second-order valence-electron chi connectivity index (χ2n) is 3.54. The molecular formula is C11H13Br. The van der Waals surface area contributed by atoms with Gasteiger partial charge in [0.15, 0.2) is 0 Å². The second-order valence-corrected chi connectivity index (χ2v) is 4.56. The monoisotopic (exact) mass is 224 g/mol. The molecule has 0 bridgehead atoms. The van der Waals surface area contributed by atoms with Crippen LogP contribution in [0.25, 0.3) is 0 Å². The van der Waals surface area contributed by atoms with Crippen molar-refractivity contribution in [3.63, 3.8) is 0 Å². The van der Waals surface area contributed by atoms with Crippen LogP contribution in [-0.4, -0.2) is 0 Å². The molecule has 0 heterocycles. The average molecular weight is 225 g/mol. The molecule has 12 heavy (non-hydrogen) atoms. The summed E-state index contributed by atoms with van der Waals surface area (Å²) in [5.74, 6) is 0.652. The minimum atomic E-state index is 0.652. The number of hydrogen-bond acceptors (Lipinski definition) is 0. The molecule has 0 aromatic carbocycles. The van der Waals surface area contributed by atoms with Crippen LogP contribution in [0.5, 0.6) is 0 Å². The first-order valence-electron chi connectivity index (χ1n) is 4.57. The third-order valence-electron chi connectivity index (χ3n) is 2.51. The fourth-order valence-corrected chi connectivity index (χ4v) is 2.16. The quantitative estimate of drug-likeness (QED) is 0.592. The Kier molecular flexibility index (Phi) is 2.50. The van der Waals surface area contributed by atoms with Gasteiger partial charge < -0.3 is 0 Å². The van der Waals surface area contributed by atoms with Crippen LogP contribution in [0.1, 0.15) is 25.7 Å². The topological polar surface area (TPSA) is 0 Å². The zero-order chi connectivity index (χ0) is 8.39. The molecule has 2 aliphatic rings. The Balaban J connectivity index is 1.98. The van der Waals surface area contributed by atoms with Crippen LogP contribution in [0.2, 0.25) is 0 Å². The summed E-state index contributed by atoms with van der Waals surface area (Å²) in [6.07, 6.45) is 14.2. The molecule has 1 fully saturated rings. The lowest BCUT2D eigenvalue weighted by atomic mass is 9.87. The van der Waals surface area contributed by atoms with Crippen molar-refractivity contribution >= 4 is 15.9 Å². The van der Waals surface area contributed by atoms with Crippen molar-refractivity contribution in [1.29, 1.82) is 0 Å². The third-order valence-corrected chi connectivity index (χ3v) is 3.10. The minimum absolute atomic E-state index is 0.652. The first kappa shape index (κ1) is 8.31. The number of halogens is 1. The van der Waals surface area contributed by atoms with Gasteiger partial charge in [0, 0.05) is 0 Å². The maximum atomic E-state index is 3.54. The molecule has 0 aromatic rings. The highest BCUT2D eigenvalue weighted by atomic mass is 79.9. The van der Waals surface area contributed by atoms with Gasteiger partial charge in [0.05, 0.1) is 0 Å². The molecule has 1 unspecified atom stereocenters. The first-order valence-corrected chi connectivity index (χ1v) is 5.36. The summed E-state index contributed by atoms with van der Waals surface area (Å²) < 4.78 is 1.33. The molecule has 1 heteroatoms. The molecule has 0 nitrogen and oxygen atoms in total. The van der Waals surface area contributed by atoms with Crippen LogP contribution >= 0.6 is 15.9 Å². The van der Waals surface area contributed by atoms with Crippen molar-refractivity contribution in [3.8, 4) is 0 Å². The zero-order valence-corrected chi connectivity index (χ0v) is 8.68. The highest BCUT2D eigenvalue weighted by Gasteiger charge is 2.12. The number of rotatable bonds is 1. The van der Waals surface area contributed by atoms with Gasteiger partial charge in [-0.15, -0.1) is 0 Å². The zero-order valence-electron chi connectivity index (χ0n) is 7.09. The Bertz CT molecular complexity index is 252. The maximum absolute atomic E-state index is 3.54. The lowest BCUT2D eigenvalue weighted by Gasteiger charge is -2.19. The molecule has 2 aliphatic carbocycles. The van der Waals surface area contributed by atoms with Gasteiger partial charge in [0.25, 0.3) is 0 Å². The van der Waals surface area contributed by atoms with E-state index in [0.29, 0.717) is 5.92 Å². The molecule has 0 aromatic heterocycles. The van der Waals surface area contributed by atoms with Crippen molar-refractivity contribution in [2.24, 2.45) is 5.92 Å². The predicted octanol–water partition coefficient (Wildman–Crippen LogP) is 3.95. The van der Waals surface area contributed by atoms with Crippen molar-refractivity contribution in [3.05, 3.63) is 34.4 Å². The number of hydrogen-bond donors (Lipinski definition) is 0. The molecule has 0 saturated heterocycles. The van der Waals surface area contributed by atoms with Gasteiger partial charge in [-0.2, -0.15) is 0 Å². The van der Waals surface area contributed by atoms with E-state index in [9.17, 15) is 0 Å². The molecule has 64 valence electrons. The van der Waals surface area contributed by atoms with E-state index in [1.807, 2.05) is 0 Å². The van der Waals surface area contributed by atoms with Gasteiger partial charge in [0.2, 0.25) is 0 Å². The van der Waals surface area contributed by atoms with E-state index in [-0.39, 0.29) is 0 Å². The molecule has 1 atom stereocenters. The first-order chi connectivity index (χ1) is 5.84. The van der Waals surface area contributed by atoms with Crippen LogP contribution in [0, 0.1) is 5.92 Å². The second kappa shape index (κ2) is 3.61. The summed E-state index contributed by atoms with van der Waals surface area (Å²) in [5.41, 5.74) is 1.66. The fourth-order valence-electron chi connectivity index (χ4n) is 1.63. The predicted molar refractivity (Wildman–Crippen MR) is 56.2 cm³/mol. The van der Waals surface area contributed by atoms with Crippen molar-refractivity contribution in [2.75, 3.05) is 0 Å². The number of allylic oxidation sites excluding steroid dienone is 6. The lowest BCUT2D eigenvalue weighted by Crippen LogP contribution is -2.02. The van der Waals surface area contributed by atoms with E-state index < -0.39 is 0 Å². The summed E-state index contributed by atoms with van der Waals surface area (Å²) >= 11 is 3.54. The fraction of sp³-hybridized carbons (Fsp3) is 0.455. The Morgan fingerprint density at radius 1 is 1.42 bits per heavy atom. The standard InChI is InChI=1S/C11H13Br/c12-11-6-2-5-10(8-11)7-9-3-1-4-9/h2,5-7,10H,1,3-4,8H2. The van der Waals surface area contributed by atoms with Crippen LogP contribution in [-0.2, 0) is 0 Å². The molecule has 0 N–H and O–H groups in total. The van der Waals surface area contributed by atoms with Crippen molar-refractivity contribution in [2.45, 2.75) is 25.7 Å². The molecule has 0 amide bonds. The van der Waals surface area contributed by atoms with Gasteiger partial charge in [-0.3, -0.25) is 0 Å². The molecule has 2 rings (SSSR count). The van der Waals surface area contributed by atoms with E-state index >= 15 is 0 Å². The summed E-state index contributed by atoms with van der Waals surface area (Å²) in [6.45, 7) is 0. The highest BCUT2D eigenvalue weighted by molar-refractivity contribution is 9.11. The van der Waals surface area contributed by atoms with E-state index in [1.165, 1.54) is 23.7 Å². The maximum Gasteiger partial charge on any atom is -0.000214 e. The van der Waals surface area contributed by atoms with E-state index in [0.717, 1.165) is 6.42 Å². The van der Waals surface area contributed by atoms with E-state index in [2.05, 4.69) is 40.2 Å². The Morgan fingerprint density at radius 3 is 2.83 bits per heavy atom. The SMILES string of the molecule is BrC1=CC=CC(C=C2CCC2)C1. The Hall–Kier alpha value is -0.300.